The van der Waals surface area contributed by atoms with Gasteiger partial charge in [0, 0.05) is 25.9 Å². The third kappa shape index (κ3) is 2.20. The lowest BCUT2D eigenvalue weighted by Gasteiger charge is -2.08. The first-order valence-electron chi connectivity index (χ1n) is 6.11. The number of imidazole rings is 1. The van der Waals surface area contributed by atoms with Crippen molar-refractivity contribution in [2.75, 3.05) is 0 Å². The molecule has 0 spiro atoms. The van der Waals surface area contributed by atoms with Crippen molar-refractivity contribution in [3.63, 3.8) is 0 Å². The second-order valence-corrected chi connectivity index (χ2v) is 4.40. The molecule has 1 unspecified atom stereocenters. The molecule has 0 fully saturated rings. The van der Waals surface area contributed by atoms with Gasteiger partial charge in [-0.05, 0) is 18.2 Å². The molecule has 1 atom stereocenters. The Balaban J connectivity index is 1.91. The Morgan fingerprint density at radius 1 is 1.16 bits per heavy atom. The van der Waals surface area contributed by atoms with E-state index in [4.69, 9.17) is 0 Å². The minimum atomic E-state index is -0.739. The molecule has 3 rings (SSSR count). The van der Waals surface area contributed by atoms with Gasteiger partial charge in [-0.3, -0.25) is 0 Å². The van der Waals surface area contributed by atoms with Gasteiger partial charge in [-0.15, -0.1) is 0 Å². The Morgan fingerprint density at radius 2 is 1.89 bits per heavy atom. The van der Waals surface area contributed by atoms with Crippen molar-refractivity contribution in [3.05, 3.63) is 54.4 Å². The summed E-state index contributed by atoms with van der Waals surface area (Å²) in [7, 11) is 1.95. The van der Waals surface area contributed by atoms with Crippen molar-refractivity contribution < 1.29 is 5.11 Å². The largest absolute Gasteiger partial charge is 0.385 e. The normalized spacial score (nSPS) is 12.7. The van der Waals surface area contributed by atoms with E-state index in [1.807, 2.05) is 35.9 Å². The molecule has 0 aliphatic rings. The van der Waals surface area contributed by atoms with Gasteiger partial charge in [0.05, 0.1) is 11.0 Å². The van der Waals surface area contributed by atoms with Crippen LogP contribution in [0.3, 0.4) is 0 Å². The molecule has 0 bridgehead atoms. The predicted molar refractivity (Wildman–Crippen MR) is 71.4 cm³/mol. The fourth-order valence-corrected chi connectivity index (χ4v) is 2.12. The van der Waals surface area contributed by atoms with Crippen LogP contribution in [-0.4, -0.2) is 24.6 Å². The number of aliphatic hydroxyl groups is 1. The smallest absolute Gasteiger partial charge is 0.157 e. The molecule has 0 saturated carbocycles. The summed E-state index contributed by atoms with van der Waals surface area (Å²) >= 11 is 0. The lowest BCUT2D eigenvalue weighted by molar-refractivity contribution is 0.165. The number of benzene rings is 1. The van der Waals surface area contributed by atoms with Crippen LogP contribution in [0.5, 0.6) is 0 Å². The van der Waals surface area contributed by atoms with Gasteiger partial charge < -0.3 is 9.67 Å². The second kappa shape index (κ2) is 4.78. The maximum absolute atomic E-state index is 10.1. The number of fused-ring (bicyclic) bond motifs is 1. The quantitative estimate of drug-likeness (QED) is 0.771. The molecule has 2 aromatic heterocycles. The van der Waals surface area contributed by atoms with Crippen molar-refractivity contribution in [2.24, 2.45) is 7.05 Å². The van der Waals surface area contributed by atoms with Crippen LogP contribution in [0, 0.1) is 0 Å². The summed E-state index contributed by atoms with van der Waals surface area (Å²) < 4.78 is 1.99. The molecule has 1 aromatic carbocycles. The lowest BCUT2D eigenvalue weighted by atomic mass is 10.2. The van der Waals surface area contributed by atoms with Crippen LogP contribution < -0.4 is 0 Å². The van der Waals surface area contributed by atoms with Gasteiger partial charge in [0.15, 0.2) is 5.82 Å². The Morgan fingerprint density at radius 3 is 2.63 bits per heavy atom. The van der Waals surface area contributed by atoms with Gasteiger partial charge in [0.2, 0.25) is 0 Å². The molecular formula is C14H14N4O. The van der Waals surface area contributed by atoms with Crippen LogP contribution in [0.4, 0.5) is 0 Å². The Kier molecular flexibility index (Phi) is 2.97. The monoisotopic (exact) mass is 254 g/mol. The first-order valence-corrected chi connectivity index (χ1v) is 6.11. The summed E-state index contributed by atoms with van der Waals surface area (Å²) in [4.78, 5) is 12.6. The van der Waals surface area contributed by atoms with E-state index >= 15 is 0 Å². The van der Waals surface area contributed by atoms with Crippen LogP contribution >= 0.6 is 0 Å². The standard InChI is InChI=1S/C14H14N4O/c1-18-11-6-3-2-5-10(11)17-13(18)9-12(19)14-15-7-4-8-16-14/h2-8,12,19H,9H2,1H3. The number of aliphatic hydroxyl groups excluding tert-OH is 1. The zero-order valence-corrected chi connectivity index (χ0v) is 10.6. The molecule has 3 aromatic rings. The number of hydrogen-bond donors (Lipinski definition) is 1. The van der Waals surface area contributed by atoms with Gasteiger partial charge in [-0.1, -0.05) is 12.1 Å². The molecule has 19 heavy (non-hydrogen) atoms. The first kappa shape index (κ1) is 11.8. The molecule has 2 heterocycles. The van der Waals surface area contributed by atoms with Crippen LogP contribution in [0.15, 0.2) is 42.7 Å². The van der Waals surface area contributed by atoms with Gasteiger partial charge in [-0.25, -0.2) is 15.0 Å². The summed E-state index contributed by atoms with van der Waals surface area (Å²) in [5.74, 6) is 1.25. The Labute approximate surface area is 110 Å². The fraction of sp³-hybridized carbons (Fsp3) is 0.214. The van der Waals surface area contributed by atoms with E-state index in [2.05, 4.69) is 15.0 Å². The van der Waals surface area contributed by atoms with E-state index in [0.717, 1.165) is 16.9 Å². The highest BCUT2D eigenvalue weighted by atomic mass is 16.3. The molecule has 96 valence electrons. The van der Waals surface area contributed by atoms with Crippen LogP contribution in [0.1, 0.15) is 17.8 Å². The van der Waals surface area contributed by atoms with E-state index in [1.54, 1.807) is 18.5 Å². The van der Waals surface area contributed by atoms with Crippen LogP contribution in [0.2, 0.25) is 0 Å². The van der Waals surface area contributed by atoms with Crippen molar-refractivity contribution in [2.45, 2.75) is 12.5 Å². The molecule has 0 saturated heterocycles. The fourth-order valence-electron chi connectivity index (χ4n) is 2.12. The average Bonchev–Trinajstić information content (AvgIpc) is 2.77. The van der Waals surface area contributed by atoms with Crippen molar-refractivity contribution in [1.29, 1.82) is 0 Å². The highest BCUT2D eigenvalue weighted by Gasteiger charge is 2.15. The van der Waals surface area contributed by atoms with E-state index in [0.29, 0.717) is 12.2 Å². The zero-order chi connectivity index (χ0) is 13.2. The SMILES string of the molecule is Cn1c(CC(O)c2ncccn2)nc2ccccc21. The second-order valence-electron chi connectivity index (χ2n) is 4.40. The van der Waals surface area contributed by atoms with E-state index < -0.39 is 6.10 Å². The van der Waals surface area contributed by atoms with Gasteiger partial charge in [0.25, 0.3) is 0 Å². The molecule has 0 amide bonds. The van der Waals surface area contributed by atoms with E-state index in [9.17, 15) is 5.11 Å². The predicted octanol–water partition coefficient (Wildman–Crippen LogP) is 1.64. The van der Waals surface area contributed by atoms with Crippen molar-refractivity contribution in [1.82, 2.24) is 19.5 Å². The topological polar surface area (TPSA) is 63.8 Å². The average molecular weight is 254 g/mol. The molecule has 1 N–H and O–H groups in total. The third-order valence-electron chi connectivity index (χ3n) is 3.14. The van der Waals surface area contributed by atoms with Crippen molar-refractivity contribution >= 4 is 11.0 Å². The third-order valence-corrected chi connectivity index (χ3v) is 3.14. The minimum absolute atomic E-state index is 0.398. The Bertz CT molecular complexity index is 693. The highest BCUT2D eigenvalue weighted by Crippen LogP contribution is 2.18. The molecule has 0 aliphatic heterocycles. The zero-order valence-electron chi connectivity index (χ0n) is 10.6. The van der Waals surface area contributed by atoms with E-state index in [1.165, 1.54) is 0 Å². The number of nitrogens with zero attached hydrogens (tertiary/aromatic N) is 4. The Hall–Kier alpha value is -2.27. The number of aryl methyl sites for hydroxylation is 1. The maximum atomic E-state index is 10.1. The minimum Gasteiger partial charge on any atom is -0.385 e. The number of rotatable bonds is 3. The summed E-state index contributed by atoms with van der Waals surface area (Å²) in [5.41, 5.74) is 1.99. The lowest BCUT2D eigenvalue weighted by Crippen LogP contribution is -2.09. The maximum Gasteiger partial charge on any atom is 0.157 e. The highest BCUT2D eigenvalue weighted by molar-refractivity contribution is 5.75. The van der Waals surface area contributed by atoms with Gasteiger partial charge in [-0.2, -0.15) is 0 Å². The van der Waals surface area contributed by atoms with Crippen LogP contribution in [0.25, 0.3) is 11.0 Å². The molecule has 0 radical (unpaired) electrons. The number of para-hydroxylation sites is 2. The summed E-state index contributed by atoms with van der Waals surface area (Å²) in [6.07, 6.45) is 2.91. The molecular weight excluding hydrogens is 240 g/mol. The number of aromatic nitrogens is 4. The van der Waals surface area contributed by atoms with E-state index in [-0.39, 0.29) is 0 Å². The number of hydrogen-bond acceptors (Lipinski definition) is 4. The van der Waals surface area contributed by atoms with Crippen LogP contribution in [-0.2, 0) is 13.5 Å². The summed E-state index contributed by atoms with van der Waals surface area (Å²) in [5, 5.41) is 10.1. The van der Waals surface area contributed by atoms with Gasteiger partial charge in [0.1, 0.15) is 11.9 Å². The molecule has 5 heteroatoms. The molecule has 0 aliphatic carbocycles. The first-order chi connectivity index (χ1) is 9.25. The van der Waals surface area contributed by atoms with Crippen molar-refractivity contribution in [3.8, 4) is 0 Å². The summed E-state index contributed by atoms with van der Waals surface area (Å²) in [6.45, 7) is 0. The van der Waals surface area contributed by atoms with Gasteiger partial charge >= 0.3 is 0 Å². The summed E-state index contributed by atoms with van der Waals surface area (Å²) in [6, 6.07) is 9.63. The molecule has 5 nitrogen and oxygen atoms in total.